The molecule has 0 atom stereocenters. The number of alkyl carbamates (subject to hydrolysis) is 1. The lowest BCUT2D eigenvalue weighted by molar-refractivity contribution is 0.0529. The SMILES string of the molecule is CCNC(=NCCN1CCc2ccccc2C1)NCCNC(=O)OC(C)(C)C. The van der Waals surface area contributed by atoms with E-state index in [0.29, 0.717) is 13.1 Å². The Hall–Kier alpha value is -2.28. The number of carbonyl (C=O) groups is 1. The molecule has 156 valence electrons. The Kier molecular flexibility index (Phi) is 8.57. The third-order valence-electron chi connectivity index (χ3n) is 4.33. The van der Waals surface area contributed by atoms with Gasteiger partial charge in [0, 0.05) is 39.3 Å². The summed E-state index contributed by atoms with van der Waals surface area (Å²) in [5.74, 6) is 0.769. The summed E-state index contributed by atoms with van der Waals surface area (Å²) in [6, 6.07) is 8.67. The van der Waals surface area contributed by atoms with Gasteiger partial charge < -0.3 is 20.7 Å². The Morgan fingerprint density at radius 3 is 2.57 bits per heavy atom. The minimum absolute atomic E-state index is 0.401. The molecule has 1 amide bonds. The van der Waals surface area contributed by atoms with Crippen molar-refractivity contribution in [1.82, 2.24) is 20.9 Å². The molecule has 28 heavy (non-hydrogen) atoms. The van der Waals surface area contributed by atoms with E-state index in [0.717, 1.165) is 45.1 Å². The monoisotopic (exact) mass is 389 g/mol. The van der Waals surface area contributed by atoms with Crippen molar-refractivity contribution in [2.75, 3.05) is 39.3 Å². The molecule has 7 heteroatoms. The first-order chi connectivity index (χ1) is 13.4. The van der Waals surface area contributed by atoms with E-state index in [2.05, 4.69) is 50.1 Å². The minimum atomic E-state index is -0.483. The Morgan fingerprint density at radius 2 is 1.86 bits per heavy atom. The second kappa shape index (κ2) is 10.9. The van der Waals surface area contributed by atoms with Gasteiger partial charge in [-0.2, -0.15) is 0 Å². The van der Waals surface area contributed by atoms with Gasteiger partial charge in [0.1, 0.15) is 5.60 Å². The third-order valence-corrected chi connectivity index (χ3v) is 4.33. The smallest absolute Gasteiger partial charge is 0.407 e. The molecule has 0 aromatic heterocycles. The fraction of sp³-hybridized carbons (Fsp3) is 0.619. The Bertz CT molecular complexity index is 654. The van der Waals surface area contributed by atoms with Crippen LogP contribution < -0.4 is 16.0 Å². The van der Waals surface area contributed by atoms with Crippen LogP contribution in [0.1, 0.15) is 38.8 Å². The van der Waals surface area contributed by atoms with Crippen molar-refractivity contribution in [3.05, 3.63) is 35.4 Å². The maximum atomic E-state index is 11.7. The van der Waals surface area contributed by atoms with Gasteiger partial charge in [-0.15, -0.1) is 0 Å². The van der Waals surface area contributed by atoms with Crippen LogP contribution in [0.15, 0.2) is 29.3 Å². The van der Waals surface area contributed by atoms with Gasteiger partial charge in [-0.1, -0.05) is 24.3 Å². The van der Waals surface area contributed by atoms with Crippen molar-refractivity contribution in [2.45, 2.75) is 46.3 Å². The zero-order chi connectivity index (χ0) is 20.4. The molecule has 3 N–H and O–H groups in total. The van der Waals surface area contributed by atoms with Gasteiger partial charge in [-0.25, -0.2) is 4.79 Å². The first-order valence-electron chi connectivity index (χ1n) is 10.2. The fourth-order valence-electron chi connectivity index (χ4n) is 3.05. The van der Waals surface area contributed by atoms with Gasteiger partial charge in [0.25, 0.3) is 0 Å². The van der Waals surface area contributed by atoms with E-state index in [-0.39, 0.29) is 0 Å². The predicted molar refractivity (Wildman–Crippen MR) is 114 cm³/mol. The van der Waals surface area contributed by atoms with Crippen LogP contribution in [0.25, 0.3) is 0 Å². The largest absolute Gasteiger partial charge is 0.444 e. The molecular weight excluding hydrogens is 354 g/mol. The maximum Gasteiger partial charge on any atom is 0.407 e. The molecule has 2 rings (SSSR count). The molecule has 1 aliphatic rings. The average molecular weight is 390 g/mol. The number of hydrogen-bond acceptors (Lipinski definition) is 4. The molecule has 0 unspecified atom stereocenters. The molecular formula is C21H35N5O2. The highest BCUT2D eigenvalue weighted by Gasteiger charge is 2.16. The van der Waals surface area contributed by atoms with Crippen LogP contribution in [-0.2, 0) is 17.7 Å². The van der Waals surface area contributed by atoms with Crippen molar-refractivity contribution >= 4 is 12.1 Å². The van der Waals surface area contributed by atoms with Crippen LogP contribution in [0.5, 0.6) is 0 Å². The van der Waals surface area contributed by atoms with Crippen LogP contribution in [0.4, 0.5) is 4.79 Å². The topological polar surface area (TPSA) is 78.0 Å². The van der Waals surface area contributed by atoms with E-state index in [1.54, 1.807) is 0 Å². The van der Waals surface area contributed by atoms with Crippen molar-refractivity contribution in [1.29, 1.82) is 0 Å². The van der Waals surface area contributed by atoms with Gasteiger partial charge in [0.2, 0.25) is 0 Å². The van der Waals surface area contributed by atoms with E-state index >= 15 is 0 Å². The molecule has 1 aromatic carbocycles. The van der Waals surface area contributed by atoms with Crippen LogP contribution in [0, 0.1) is 0 Å². The zero-order valence-electron chi connectivity index (χ0n) is 17.7. The third kappa shape index (κ3) is 8.17. The van der Waals surface area contributed by atoms with E-state index in [4.69, 9.17) is 4.74 Å². The van der Waals surface area contributed by atoms with Gasteiger partial charge in [0.05, 0.1) is 6.54 Å². The summed E-state index contributed by atoms with van der Waals surface area (Å²) in [4.78, 5) is 18.7. The minimum Gasteiger partial charge on any atom is -0.444 e. The molecule has 0 saturated carbocycles. The van der Waals surface area contributed by atoms with Gasteiger partial charge in [0.15, 0.2) is 5.96 Å². The Labute approximate surface area is 168 Å². The molecule has 0 aliphatic carbocycles. The van der Waals surface area contributed by atoms with Crippen LogP contribution in [0.3, 0.4) is 0 Å². The summed E-state index contributed by atoms with van der Waals surface area (Å²) < 4.78 is 5.22. The second-order valence-electron chi connectivity index (χ2n) is 7.91. The van der Waals surface area contributed by atoms with Crippen molar-refractivity contribution in [3.8, 4) is 0 Å². The molecule has 7 nitrogen and oxygen atoms in total. The highest BCUT2D eigenvalue weighted by molar-refractivity contribution is 5.79. The quantitative estimate of drug-likeness (QED) is 0.378. The Balaban J connectivity index is 1.70. The summed E-state index contributed by atoms with van der Waals surface area (Å²) in [5, 5.41) is 9.22. The van der Waals surface area contributed by atoms with E-state index in [9.17, 15) is 4.79 Å². The molecule has 1 aromatic rings. The molecule has 0 saturated heterocycles. The number of carbonyl (C=O) groups excluding carboxylic acids is 1. The molecule has 0 spiro atoms. The van der Waals surface area contributed by atoms with Crippen molar-refractivity contribution < 1.29 is 9.53 Å². The summed E-state index contributed by atoms with van der Waals surface area (Å²) >= 11 is 0. The first-order valence-corrected chi connectivity index (χ1v) is 10.2. The molecule has 0 bridgehead atoms. The summed E-state index contributed by atoms with van der Waals surface area (Å²) in [7, 11) is 0. The number of aliphatic imine (C=N–C) groups is 1. The molecule has 0 radical (unpaired) electrons. The number of benzene rings is 1. The summed E-state index contributed by atoms with van der Waals surface area (Å²) in [6.07, 6.45) is 0.704. The number of ether oxygens (including phenoxy) is 1. The van der Waals surface area contributed by atoms with Crippen LogP contribution >= 0.6 is 0 Å². The lowest BCUT2D eigenvalue weighted by Gasteiger charge is -2.28. The average Bonchev–Trinajstić information content (AvgIpc) is 2.63. The normalized spacial score (nSPS) is 14.9. The number of amides is 1. The van der Waals surface area contributed by atoms with E-state index in [1.807, 2.05) is 27.7 Å². The highest BCUT2D eigenvalue weighted by atomic mass is 16.6. The van der Waals surface area contributed by atoms with E-state index in [1.165, 1.54) is 11.1 Å². The second-order valence-corrected chi connectivity index (χ2v) is 7.91. The number of nitrogens with one attached hydrogen (secondary N) is 3. The number of rotatable bonds is 7. The first kappa shape index (κ1) is 22.0. The fourth-order valence-corrected chi connectivity index (χ4v) is 3.05. The molecule has 1 aliphatic heterocycles. The van der Waals surface area contributed by atoms with Crippen LogP contribution in [-0.4, -0.2) is 61.8 Å². The maximum absolute atomic E-state index is 11.7. The predicted octanol–water partition coefficient (Wildman–Crippen LogP) is 2.12. The van der Waals surface area contributed by atoms with Gasteiger partial charge >= 0.3 is 6.09 Å². The number of hydrogen-bond donors (Lipinski definition) is 3. The lowest BCUT2D eigenvalue weighted by atomic mass is 10.0. The molecule has 1 heterocycles. The van der Waals surface area contributed by atoms with E-state index < -0.39 is 11.7 Å². The lowest BCUT2D eigenvalue weighted by Crippen LogP contribution is -2.43. The van der Waals surface area contributed by atoms with Gasteiger partial charge in [-0.05, 0) is 45.2 Å². The van der Waals surface area contributed by atoms with Crippen molar-refractivity contribution in [2.24, 2.45) is 4.99 Å². The summed E-state index contributed by atoms with van der Waals surface area (Å²) in [6.45, 7) is 13.2. The van der Waals surface area contributed by atoms with Gasteiger partial charge in [-0.3, -0.25) is 9.89 Å². The number of fused-ring (bicyclic) bond motifs is 1. The summed E-state index contributed by atoms with van der Waals surface area (Å²) in [5.41, 5.74) is 2.41. The number of nitrogens with zero attached hydrogens (tertiary/aromatic N) is 2. The van der Waals surface area contributed by atoms with Crippen LogP contribution in [0.2, 0.25) is 0 Å². The Morgan fingerprint density at radius 1 is 1.14 bits per heavy atom. The molecule has 0 fully saturated rings. The zero-order valence-corrected chi connectivity index (χ0v) is 17.7. The number of guanidine groups is 1. The van der Waals surface area contributed by atoms with Crippen molar-refractivity contribution in [3.63, 3.8) is 0 Å². The standard InChI is InChI=1S/C21H35N5O2/c1-5-22-19(23-11-12-25-20(27)28-21(2,3)4)24-13-15-26-14-10-17-8-6-7-9-18(17)16-26/h6-9H,5,10-16H2,1-4H3,(H,25,27)(H2,22,23,24). The highest BCUT2D eigenvalue weighted by Crippen LogP contribution is 2.17.